The molecule has 0 bridgehead atoms. The molecule has 84 valence electrons. The summed E-state index contributed by atoms with van der Waals surface area (Å²) >= 11 is 2.04. The Morgan fingerprint density at radius 2 is 2.21 bits per heavy atom. The molecule has 14 heavy (non-hydrogen) atoms. The van der Waals surface area contributed by atoms with Crippen LogP contribution in [0.15, 0.2) is 0 Å². The van der Waals surface area contributed by atoms with Crippen LogP contribution in [0.5, 0.6) is 0 Å². The molecule has 0 amide bonds. The number of nitrogens with one attached hydrogen (secondary N) is 1. The van der Waals surface area contributed by atoms with E-state index in [1.54, 1.807) is 0 Å². The van der Waals surface area contributed by atoms with Crippen molar-refractivity contribution in [3.63, 3.8) is 0 Å². The molecule has 1 N–H and O–H groups in total. The normalized spacial score (nSPS) is 29.4. The first-order chi connectivity index (χ1) is 6.76. The summed E-state index contributed by atoms with van der Waals surface area (Å²) in [4.78, 5) is 0. The third-order valence-corrected chi connectivity index (χ3v) is 4.35. The van der Waals surface area contributed by atoms with Gasteiger partial charge in [0.25, 0.3) is 0 Å². The van der Waals surface area contributed by atoms with E-state index in [2.05, 4.69) is 25.4 Å². The van der Waals surface area contributed by atoms with Gasteiger partial charge in [0.2, 0.25) is 0 Å². The molecule has 0 spiro atoms. The summed E-state index contributed by atoms with van der Waals surface area (Å²) in [6.07, 6.45) is 9.13. The minimum Gasteiger partial charge on any atom is -0.314 e. The summed E-state index contributed by atoms with van der Waals surface area (Å²) in [5.74, 6) is 0.855. The van der Waals surface area contributed by atoms with Gasteiger partial charge in [0.15, 0.2) is 0 Å². The van der Waals surface area contributed by atoms with Crippen molar-refractivity contribution in [3.05, 3.63) is 0 Å². The number of hydrogen-bond donors (Lipinski definition) is 1. The van der Waals surface area contributed by atoms with E-state index in [-0.39, 0.29) is 0 Å². The van der Waals surface area contributed by atoms with Gasteiger partial charge in [-0.25, -0.2) is 0 Å². The van der Waals surface area contributed by atoms with Gasteiger partial charge in [0.1, 0.15) is 0 Å². The lowest BCUT2D eigenvalue weighted by molar-refractivity contribution is 0.428. The van der Waals surface area contributed by atoms with Crippen LogP contribution in [0.1, 0.15) is 46.0 Å². The van der Waals surface area contributed by atoms with Crippen LogP contribution in [0.25, 0.3) is 0 Å². The Morgan fingerprint density at radius 1 is 1.43 bits per heavy atom. The van der Waals surface area contributed by atoms with Gasteiger partial charge in [-0.05, 0) is 44.4 Å². The van der Waals surface area contributed by atoms with Gasteiger partial charge < -0.3 is 5.32 Å². The van der Waals surface area contributed by atoms with Crippen molar-refractivity contribution in [2.45, 2.75) is 57.2 Å². The summed E-state index contributed by atoms with van der Waals surface area (Å²) in [7, 11) is 0. The molecule has 1 aliphatic rings. The zero-order valence-corrected chi connectivity index (χ0v) is 10.7. The maximum Gasteiger partial charge on any atom is 0.00781 e. The Morgan fingerprint density at radius 3 is 2.79 bits per heavy atom. The predicted octanol–water partition coefficient (Wildman–Crippen LogP) is 3.30. The molecule has 2 heteroatoms. The van der Waals surface area contributed by atoms with Gasteiger partial charge in [-0.1, -0.05) is 20.3 Å². The smallest absolute Gasteiger partial charge is 0.00781 e. The summed E-state index contributed by atoms with van der Waals surface area (Å²) in [5, 5.41) is 4.64. The lowest BCUT2D eigenvalue weighted by atomic mass is 10.1. The van der Waals surface area contributed by atoms with Crippen LogP contribution < -0.4 is 5.32 Å². The summed E-state index contributed by atoms with van der Waals surface area (Å²) in [5.41, 5.74) is 0. The molecule has 0 radical (unpaired) electrons. The summed E-state index contributed by atoms with van der Waals surface area (Å²) < 4.78 is 0. The molecule has 1 rings (SSSR count). The Labute approximate surface area is 93.4 Å². The van der Waals surface area contributed by atoms with E-state index in [1.807, 2.05) is 11.8 Å². The van der Waals surface area contributed by atoms with Gasteiger partial charge in [-0.2, -0.15) is 11.8 Å². The highest BCUT2D eigenvalue weighted by Crippen LogP contribution is 2.28. The third kappa shape index (κ3) is 4.22. The molecule has 0 saturated heterocycles. The molecule has 0 aromatic rings. The van der Waals surface area contributed by atoms with Crippen molar-refractivity contribution in [2.75, 3.05) is 12.8 Å². The maximum atomic E-state index is 3.72. The first kappa shape index (κ1) is 12.4. The van der Waals surface area contributed by atoms with E-state index in [1.165, 1.54) is 38.6 Å². The van der Waals surface area contributed by atoms with Gasteiger partial charge in [-0.3, -0.25) is 0 Å². The van der Waals surface area contributed by atoms with Crippen LogP contribution in [0.4, 0.5) is 0 Å². The molecule has 1 nitrogen and oxygen atoms in total. The fourth-order valence-corrected chi connectivity index (χ4v) is 3.10. The standard InChI is InChI=1S/C12H25NS/c1-4-5-10(2)9-13-11-6-7-12(8-11)14-3/h10-13H,4-9H2,1-3H3. The molecule has 0 heterocycles. The third-order valence-electron chi connectivity index (χ3n) is 3.25. The first-order valence-corrected chi connectivity index (χ1v) is 7.31. The minimum atomic E-state index is 0.812. The summed E-state index contributed by atoms with van der Waals surface area (Å²) in [6.45, 7) is 5.85. The second-order valence-corrected chi connectivity index (χ2v) is 5.81. The van der Waals surface area contributed by atoms with Gasteiger partial charge in [0.05, 0.1) is 0 Å². The Bertz CT molecular complexity index is 149. The molecule has 3 unspecified atom stereocenters. The molecule has 1 aliphatic carbocycles. The summed E-state index contributed by atoms with van der Waals surface area (Å²) in [6, 6.07) is 0.812. The van der Waals surface area contributed by atoms with Crippen molar-refractivity contribution >= 4 is 11.8 Å². The van der Waals surface area contributed by atoms with E-state index in [0.29, 0.717) is 0 Å². The molecule has 1 saturated carbocycles. The second kappa shape index (κ2) is 6.73. The number of thioether (sulfide) groups is 1. The van der Waals surface area contributed by atoms with Crippen LogP contribution in [-0.4, -0.2) is 24.1 Å². The molecular weight excluding hydrogens is 190 g/mol. The van der Waals surface area contributed by atoms with Crippen LogP contribution >= 0.6 is 11.8 Å². The molecule has 1 fully saturated rings. The Balaban J connectivity index is 2.07. The fraction of sp³-hybridized carbons (Fsp3) is 1.00. The highest BCUT2D eigenvalue weighted by molar-refractivity contribution is 7.99. The van der Waals surface area contributed by atoms with Gasteiger partial charge in [-0.15, -0.1) is 0 Å². The average molecular weight is 215 g/mol. The first-order valence-electron chi connectivity index (χ1n) is 6.02. The lowest BCUT2D eigenvalue weighted by Gasteiger charge is -2.16. The maximum absolute atomic E-state index is 3.72. The SMILES string of the molecule is CCCC(C)CNC1CCC(SC)C1. The molecular formula is C12H25NS. The van der Waals surface area contributed by atoms with Crippen molar-refractivity contribution < 1.29 is 0 Å². The molecule has 0 aromatic heterocycles. The zero-order chi connectivity index (χ0) is 10.4. The van der Waals surface area contributed by atoms with Crippen LogP contribution in [0, 0.1) is 5.92 Å². The van der Waals surface area contributed by atoms with Crippen LogP contribution in [-0.2, 0) is 0 Å². The van der Waals surface area contributed by atoms with E-state index in [4.69, 9.17) is 0 Å². The van der Waals surface area contributed by atoms with E-state index < -0.39 is 0 Å². The van der Waals surface area contributed by atoms with Gasteiger partial charge >= 0.3 is 0 Å². The zero-order valence-electron chi connectivity index (χ0n) is 9.88. The predicted molar refractivity (Wildman–Crippen MR) is 67.0 cm³/mol. The average Bonchev–Trinajstić information content (AvgIpc) is 2.63. The minimum absolute atomic E-state index is 0.812. The van der Waals surface area contributed by atoms with Crippen molar-refractivity contribution in [1.82, 2.24) is 5.32 Å². The van der Waals surface area contributed by atoms with E-state index >= 15 is 0 Å². The van der Waals surface area contributed by atoms with E-state index in [9.17, 15) is 0 Å². The molecule has 3 atom stereocenters. The van der Waals surface area contributed by atoms with Crippen molar-refractivity contribution in [1.29, 1.82) is 0 Å². The highest BCUT2D eigenvalue weighted by Gasteiger charge is 2.23. The van der Waals surface area contributed by atoms with Crippen molar-refractivity contribution in [2.24, 2.45) is 5.92 Å². The molecule has 0 aromatic carbocycles. The quantitative estimate of drug-likeness (QED) is 0.729. The largest absolute Gasteiger partial charge is 0.314 e. The fourth-order valence-electron chi connectivity index (χ4n) is 2.30. The topological polar surface area (TPSA) is 12.0 Å². The van der Waals surface area contributed by atoms with Crippen LogP contribution in [0.2, 0.25) is 0 Å². The second-order valence-electron chi connectivity index (χ2n) is 4.67. The van der Waals surface area contributed by atoms with Crippen molar-refractivity contribution in [3.8, 4) is 0 Å². The Kier molecular flexibility index (Phi) is 5.95. The Hall–Kier alpha value is 0.310. The van der Waals surface area contributed by atoms with E-state index in [0.717, 1.165) is 17.2 Å². The monoisotopic (exact) mass is 215 g/mol. The highest BCUT2D eigenvalue weighted by atomic mass is 32.2. The number of hydrogen-bond acceptors (Lipinski definition) is 2. The van der Waals surface area contributed by atoms with Gasteiger partial charge in [0, 0.05) is 11.3 Å². The number of rotatable bonds is 6. The molecule has 0 aliphatic heterocycles. The van der Waals surface area contributed by atoms with Crippen LogP contribution in [0.3, 0.4) is 0 Å². The lowest BCUT2D eigenvalue weighted by Crippen LogP contribution is -2.30.